The Kier molecular flexibility index (Phi) is 6.19. The number of nitrogens with one attached hydrogen (secondary N) is 1. The number of hydrogen-bond acceptors (Lipinski definition) is 3. The Morgan fingerprint density at radius 1 is 0.900 bits per heavy atom. The summed E-state index contributed by atoms with van der Waals surface area (Å²) in [6.45, 7) is 0.247. The van der Waals surface area contributed by atoms with Gasteiger partial charge in [-0.2, -0.15) is 0 Å². The van der Waals surface area contributed by atoms with Crippen LogP contribution in [-0.2, 0) is 30.6 Å². The van der Waals surface area contributed by atoms with E-state index in [9.17, 15) is 9.59 Å². The van der Waals surface area contributed by atoms with E-state index >= 15 is 0 Å². The van der Waals surface area contributed by atoms with Crippen LogP contribution in [0.2, 0.25) is 0 Å². The molecular weight excluding hydrogens is 394 g/mol. The Bertz CT molecular complexity index is 1050. The molecule has 0 radical (unpaired) electrons. The molecule has 4 rings (SSSR count). The molecule has 0 fully saturated rings. The van der Waals surface area contributed by atoms with Crippen molar-refractivity contribution < 1.29 is 14.3 Å². The van der Waals surface area contributed by atoms with Gasteiger partial charge in [-0.1, -0.05) is 60.7 Å². The van der Waals surface area contributed by atoms with Crippen molar-refractivity contribution in [2.45, 2.75) is 25.9 Å². The summed E-state index contributed by atoms with van der Waals surface area (Å²) in [6.07, 6.45) is 2.49. The second-order valence-corrected chi connectivity index (χ2v) is 8.06. The molecule has 1 N–H and O–H groups in total. The van der Waals surface area contributed by atoms with Crippen LogP contribution in [0.15, 0.2) is 72.8 Å². The van der Waals surface area contributed by atoms with Crippen molar-refractivity contribution in [1.29, 1.82) is 0 Å². The SMILES string of the molecule is O=C(Nc1ccc2c(c1)CC(Cc1ccc(C(=O)S)cc1)C2)OCc1ccccc1. The molecular formula is C25H23NO3S. The van der Waals surface area contributed by atoms with E-state index in [1.54, 1.807) is 0 Å². The molecule has 3 aromatic carbocycles. The zero-order chi connectivity index (χ0) is 20.9. The first-order valence-electron chi connectivity index (χ1n) is 9.98. The summed E-state index contributed by atoms with van der Waals surface area (Å²) >= 11 is 3.86. The van der Waals surface area contributed by atoms with Crippen LogP contribution >= 0.6 is 12.6 Å². The van der Waals surface area contributed by atoms with Crippen molar-refractivity contribution in [1.82, 2.24) is 0 Å². The van der Waals surface area contributed by atoms with E-state index in [4.69, 9.17) is 4.74 Å². The smallest absolute Gasteiger partial charge is 0.411 e. The summed E-state index contributed by atoms with van der Waals surface area (Å²) in [5.74, 6) is 0.512. The maximum Gasteiger partial charge on any atom is 0.411 e. The number of rotatable bonds is 6. The van der Waals surface area contributed by atoms with Gasteiger partial charge in [0.05, 0.1) is 0 Å². The average molecular weight is 418 g/mol. The summed E-state index contributed by atoms with van der Waals surface area (Å²) in [5.41, 5.74) is 6.13. The Balaban J connectivity index is 1.32. The molecule has 1 unspecified atom stereocenters. The van der Waals surface area contributed by atoms with E-state index in [1.165, 1.54) is 16.7 Å². The van der Waals surface area contributed by atoms with Gasteiger partial charge < -0.3 is 4.74 Å². The van der Waals surface area contributed by atoms with Gasteiger partial charge >= 0.3 is 6.09 Å². The molecule has 1 amide bonds. The van der Waals surface area contributed by atoms with Crippen molar-refractivity contribution in [2.75, 3.05) is 5.32 Å². The first kappa shape index (κ1) is 20.2. The van der Waals surface area contributed by atoms with Crippen LogP contribution in [-0.4, -0.2) is 11.2 Å². The maximum absolute atomic E-state index is 12.1. The van der Waals surface area contributed by atoms with Crippen molar-refractivity contribution >= 4 is 29.5 Å². The number of thiol groups is 1. The lowest BCUT2D eigenvalue weighted by Gasteiger charge is -2.09. The zero-order valence-corrected chi connectivity index (χ0v) is 17.4. The van der Waals surface area contributed by atoms with Gasteiger partial charge in [0.15, 0.2) is 0 Å². The Morgan fingerprint density at radius 3 is 2.37 bits per heavy atom. The molecule has 0 bridgehead atoms. The first-order chi connectivity index (χ1) is 14.6. The molecule has 0 aliphatic heterocycles. The van der Waals surface area contributed by atoms with Crippen LogP contribution < -0.4 is 5.32 Å². The molecule has 3 aromatic rings. The normalized spacial score (nSPS) is 14.8. The Morgan fingerprint density at radius 2 is 1.63 bits per heavy atom. The summed E-state index contributed by atoms with van der Waals surface area (Å²) < 4.78 is 5.30. The molecule has 0 heterocycles. The van der Waals surface area contributed by atoms with Gasteiger partial charge in [0.1, 0.15) is 6.61 Å². The predicted octanol–water partition coefficient (Wildman–Crippen LogP) is 5.46. The number of amides is 1. The number of benzene rings is 3. The summed E-state index contributed by atoms with van der Waals surface area (Å²) in [7, 11) is 0. The third kappa shape index (κ3) is 5.10. The predicted molar refractivity (Wildman–Crippen MR) is 121 cm³/mol. The number of hydrogen-bond donors (Lipinski definition) is 2. The average Bonchev–Trinajstić information content (AvgIpc) is 3.15. The highest BCUT2D eigenvalue weighted by Crippen LogP contribution is 2.31. The van der Waals surface area contributed by atoms with Crippen LogP contribution in [0.25, 0.3) is 0 Å². The summed E-state index contributed by atoms with van der Waals surface area (Å²) in [5, 5.41) is 2.61. The van der Waals surface area contributed by atoms with E-state index in [1.807, 2.05) is 66.7 Å². The molecule has 1 atom stereocenters. The molecule has 5 heteroatoms. The van der Waals surface area contributed by atoms with Gasteiger partial charge in [-0.15, -0.1) is 12.6 Å². The minimum atomic E-state index is -0.452. The molecule has 0 saturated heterocycles. The molecule has 152 valence electrons. The number of carbonyl (C=O) groups is 2. The number of carbonyl (C=O) groups excluding carboxylic acids is 2. The number of fused-ring (bicyclic) bond motifs is 1. The van der Waals surface area contributed by atoms with Crippen LogP contribution in [0, 0.1) is 5.92 Å². The lowest BCUT2D eigenvalue weighted by atomic mass is 9.96. The monoisotopic (exact) mass is 417 g/mol. The largest absolute Gasteiger partial charge is 0.444 e. The zero-order valence-electron chi connectivity index (χ0n) is 16.5. The van der Waals surface area contributed by atoms with Crippen molar-refractivity contribution in [2.24, 2.45) is 5.92 Å². The Labute approximate surface area is 181 Å². The van der Waals surface area contributed by atoms with E-state index < -0.39 is 6.09 Å². The van der Waals surface area contributed by atoms with E-state index in [0.717, 1.165) is 30.5 Å². The Hall–Kier alpha value is -3.05. The second-order valence-electron chi connectivity index (χ2n) is 7.65. The highest BCUT2D eigenvalue weighted by Gasteiger charge is 2.22. The van der Waals surface area contributed by atoms with E-state index in [0.29, 0.717) is 11.5 Å². The van der Waals surface area contributed by atoms with Crippen LogP contribution in [0.3, 0.4) is 0 Å². The molecule has 0 spiro atoms. The standard InChI is InChI=1S/C25H23NO3S/c27-24(30)20-8-6-17(7-9-20)12-19-13-21-10-11-23(15-22(21)14-19)26-25(28)29-16-18-4-2-1-3-5-18/h1-11,15,19H,12-14,16H2,(H,26,28)(H,27,30). The second kappa shape index (κ2) is 9.18. The highest BCUT2D eigenvalue weighted by atomic mass is 32.1. The fourth-order valence-electron chi connectivity index (χ4n) is 3.93. The van der Waals surface area contributed by atoms with Crippen molar-refractivity contribution in [3.63, 3.8) is 0 Å². The molecule has 1 aliphatic rings. The third-order valence-electron chi connectivity index (χ3n) is 5.41. The lowest BCUT2D eigenvalue weighted by Crippen LogP contribution is -2.13. The van der Waals surface area contributed by atoms with Gasteiger partial charge in [-0.25, -0.2) is 4.79 Å². The fraction of sp³-hybridized carbons (Fsp3) is 0.200. The molecule has 4 nitrogen and oxygen atoms in total. The van der Waals surface area contributed by atoms with E-state index in [2.05, 4.69) is 24.0 Å². The van der Waals surface area contributed by atoms with Gasteiger partial charge in [0.2, 0.25) is 5.12 Å². The van der Waals surface area contributed by atoms with E-state index in [-0.39, 0.29) is 11.7 Å². The van der Waals surface area contributed by atoms with Gasteiger partial charge in [-0.3, -0.25) is 10.1 Å². The lowest BCUT2D eigenvalue weighted by molar-refractivity contribution is 0.109. The van der Waals surface area contributed by atoms with Gasteiger partial charge in [0, 0.05) is 11.3 Å². The minimum absolute atomic E-state index is 0.211. The quantitative estimate of drug-likeness (QED) is 0.524. The first-order valence-corrected chi connectivity index (χ1v) is 10.4. The van der Waals surface area contributed by atoms with Crippen LogP contribution in [0.4, 0.5) is 10.5 Å². The topological polar surface area (TPSA) is 55.4 Å². The summed E-state index contributed by atoms with van der Waals surface area (Å²) in [4.78, 5) is 23.4. The van der Waals surface area contributed by atoms with Crippen LogP contribution in [0.1, 0.15) is 32.6 Å². The maximum atomic E-state index is 12.1. The van der Waals surface area contributed by atoms with Crippen molar-refractivity contribution in [3.05, 3.63) is 101 Å². The van der Waals surface area contributed by atoms with Gasteiger partial charge in [-0.05, 0) is 59.6 Å². The summed E-state index contributed by atoms with van der Waals surface area (Å²) in [6, 6.07) is 23.3. The fourth-order valence-corrected chi connectivity index (χ4v) is 4.07. The van der Waals surface area contributed by atoms with Gasteiger partial charge in [0.25, 0.3) is 0 Å². The molecule has 1 aliphatic carbocycles. The minimum Gasteiger partial charge on any atom is -0.444 e. The third-order valence-corrected chi connectivity index (χ3v) is 5.67. The van der Waals surface area contributed by atoms with Crippen LogP contribution in [0.5, 0.6) is 0 Å². The highest BCUT2D eigenvalue weighted by molar-refractivity contribution is 7.97. The van der Waals surface area contributed by atoms with Crippen molar-refractivity contribution in [3.8, 4) is 0 Å². The molecule has 0 aromatic heterocycles. The number of ether oxygens (including phenoxy) is 1. The molecule has 0 saturated carbocycles. The number of anilines is 1. The molecule has 30 heavy (non-hydrogen) atoms.